The number of aryl methyl sites for hydroxylation is 1. The Balaban J connectivity index is 1.86. The molecule has 0 saturated heterocycles. The Morgan fingerprint density at radius 2 is 2.08 bits per heavy atom. The molecular weight excluding hydrogens is 314 g/mol. The van der Waals surface area contributed by atoms with Gasteiger partial charge in [-0.05, 0) is 32.8 Å². The number of benzene rings is 1. The van der Waals surface area contributed by atoms with Crippen molar-refractivity contribution in [2.75, 3.05) is 7.11 Å². The molecule has 5 nitrogen and oxygen atoms in total. The minimum atomic E-state index is -0.252. The molecule has 1 saturated carbocycles. The molecule has 1 aromatic heterocycles. The number of hydrogen-bond donors (Lipinski definition) is 0. The normalized spacial score (nSPS) is 16.0. The molecule has 1 aromatic carbocycles. The van der Waals surface area contributed by atoms with Crippen molar-refractivity contribution in [3.8, 4) is 5.75 Å². The van der Waals surface area contributed by atoms with Crippen LogP contribution in [0.3, 0.4) is 0 Å². The summed E-state index contributed by atoms with van der Waals surface area (Å²) in [6.45, 7) is 4.48. The lowest BCUT2D eigenvalue weighted by Crippen LogP contribution is -2.42. The summed E-state index contributed by atoms with van der Waals surface area (Å²) in [5.41, 5.74) is 1.06. The van der Waals surface area contributed by atoms with E-state index < -0.39 is 0 Å². The number of carbonyl (C=O) groups is 1. The van der Waals surface area contributed by atoms with Crippen LogP contribution in [0.4, 0.5) is 0 Å². The molecule has 1 fully saturated rings. The largest absolute Gasteiger partial charge is 0.496 e. The molecule has 25 heavy (non-hydrogen) atoms. The van der Waals surface area contributed by atoms with Gasteiger partial charge >= 0.3 is 0 Å². The van der Waals surface area contributed by atoms with Crippen molar-refractivity contribution in [2.24, 2.45) is 0 Å². The first-order valence-electron chi connectivity index (χ1n) is 9.03. The van der Waals surface area contributed by atoms with Gasteiger partial charge in [-0.2, -0.15) is 0 Å². The summed E-state index contributed by atoms with van der Waals surface area (Å²) in [7, 11) is 1.68. The van der Waals surface area contributed by atoms with E-state index in [2.05, 4.69) is 9.88 Å². The Bertz CT molecular complexity index is 719. The first-order valence-corrected chi connectivity index (χ1v) is 9.03. The molecule has 0 aliphatic heterocycles. The SMILES string of the molecule is COc1ccccc1CN(C(=O)[C@H](C)n1ccnc1C)C1CCCC1. The van der Waals surface area contributed by atoms with Crippen molar-refractivity contribution in [3.63, 3.8) is 0 Å². The highest BCUT2D eigenvalue weighted by Gasteiger charge is 2.31. The van der Waals surface area contributed by atoms with Crippen molar-refractivity contribution in [3.05, 3.63) is 48.0 Å². The maximum atomic E-state index is 13.3. The van der Waals surface area contributed by atoms with E-state index in [0.29, 0.717) is 12.6 Å². The van der Waals surface area contributed by atoms with Gasteiger partial charge in [0.25, 0.3) is 0 Å². The fraction of sp³-hybridized carbons (Fsp3) is 0.500. The summed E-state index contributed by atoms with van der Waals surface area (Å²) >= 11 is 0. The third kappa shape index (κ3) is 3.70. The highest BCUT2D eigenvalue weighted by molar-refractivity contribution is 5.80. The maximum absolute atomic E-state index is 13.3. The van der Waals surface area contributed by atoms with Crippen LogP contribution in [-0.4, -0.2) is 33.5 Å². The van der Waals surface area contributed by atoms with Gasteiger partial charge in [-0.1, -0.05) is 31.0 Å². The highest BCUT2D eigenvalue weighted by atomic mass is 16.5. The number of para-hydroxylation sites is 1. The lowest BCUT2D eigenvalue weighted by Gasteiger charge is -2.32. The van der Waals surface area contributed by atoms with Gasteiger partial charge in [0.1, 0.15) is 17.6 Å². The van der Waals surface area contributed by atoms with Gasteiger partial charge in [0.05, 0.1) is 7.11 Å². The molecular formula is C20H27N3O2. The van der Waals surface area contributed by atoms with Crippen LogP contribution < -0.4 is 4.74 Å². The molecule has 1 amide bonds. The lowest BCUT2D eigenvalue weighted by atomic mass is 10.1. The molecule has 134 valence electrons. The van der Waals surface area contributed by atoms with E-state index >= 15 is 0 Å². The third-order valence-electron chi connectivity index (χ3n) is 5.22. The van der Waals surface area contributed by atoms with Crippen molar-refractivity contribution < 1.29 is 9.53 Å². The second-order valence-electron chi connectivity index (χ2n) is 6.77. The Morgan fingerprint density at radius 3 is 2.72 bits per heavy atom. The van der Waals surface area contributed by atoms with Gasteiger partial charge < -0.3 is 14.2 Å². The molecule has 0 spiro atoms. The standard InChI is InChI=1S/C20H27N3O2/c1-15(22-13-12-21-16(22)2)20(24)23(18-9-5-6-10-18)14-17-8-4-7-11-19(17)25-3/h4,7-8,11-13,15,18H,5-6,9-10,14H2,1-3H3/t15-/m0/s1. The topological polar surface area (TPSA) is 47.4 Å². The van der Waals surface area contributed by atoms with Crippen LogP contribution in [0.25, 0.3) is 0 Å². The summed E-state index contributed by atoms with van der Waals surface area (Å²) in [6.07, 6.45) is 8.18. The minimum Gasteiger partial charge on any atom is -0.496 e. The predicted molar refractivity (Wildman–Crippen MR) is 97.5 cm³/mol. The number of rotatable bonds is 6. The van der Waals surface area contributed by atoms with E-state index in [1.54, 1.807) is 13.3 Å². The van der Waals surface area contributed by atoms with E-state index in [0.717, 1.165) is 30.0 Å². The van der Waals surface area contributed by atoms with Gasteiger partial charge in [-0.3, -0.25) is 4.79 Å². The van der Waals surface area contributed by atoms with E-state index in [1.165, 1.54) is 12.8 Å². The van der Waals surface area contributed by atoms with Crippen molar-refractivity contribution in [1.29, 1.82) is 0 Å². The van der Waals surface area contributed by atoms with Crippen molar-refractivity contribution in [1.82, 2.24) is 14.5 Å². The van der Waals surface area contributed by atoms with E-state index in [4.69, 9.17) is 4.74 Å². The van der Waals surface area contributed by atoms with Crippen LogP contribution in [0, 0.1) is 6.92 Å². The van der Waals surface area contributed by atoms with Crippen LogP contribution in [-0.2, 0) is 11.3 Å². The first-order chi connectivity index (χ1) is 12.1. The summed E-state index contributed by atoms with van der Waals surface area (Å²) in [4.78, 5) is 19.6. The lowest BCUT2D eigenvalue weighted by molar-refractivity contribution is -0.137. The quantitative estimate of drug-likeness (QED) is 0.804. The second kappa shape index (κ2) is 7.72. The van der Waals surface area contributed by atoms with E-state index in [1.807, 2.05) is 48.9 Å². The highest BCUT2D eigenvalue weighted by Crippen LogP contribution is 2.29. The smallest absolute Gasteiger partial charge is 0.245 e. The van der Waals surface area contributed by atoms with Crippen LogP contribution >= 0.6 is 0 Å². The van der Waals surface area contributed by atoms with Crippen molar-refractivity contribution >= 4 is 5.91 Å². The van der Waals surface area contributed by atoms with Crippen LogP contribution in [0.15, 0.2) is 36.7 Å². The molecule has 2 aromatic rings. The zero-order chi connectivity index (χ0) is 17.8. The number of methoxy groups -OCH3 is 1. The van der Waals surface area contributed by atoms with Crippen LogP contribution in [0.5, 0.6) is 5.75 Å². The average Bonchev–Trinajstić information content (AvgIpc) is 3.30. The fourth-order valence-corrected chi connectivity index (χ4v) is 3.78. The second-order valence-corrected chi connectivity index (χ2v) is 6.77. The van der Waals surface area contributed by atoms with Crippen LogP contribution in [0.1, 0.15) is 50.0 Å². The molecule has 1 aliphatic rings. The zero-order valence-electron chi connectivity index (χ0n) is 15.3. The van der Waals surface area contributed by atoms with Crippen LogP contribution in [0.2, 0.25) is 0 Å². The molecule has 3 rings (SSSR count). The molecule has 0 bridgehead atoms. The number of amides is 1. The number of ether oxygens (including phenoxy) is 1. The monoisotopic (exact) mass is 341 g/mol. The van der Waals surface area contributed by atoms with Gasteiger partial charge in [0.2, 0.25) is 5.91 Å². The molecule has 0 radical (unpaired) electrons. The first kappa shape index (κ1) is 17.5. The molecule has 0 N–H and O–H groups in total. The Morgan fingerprint density at radius 1 is 1.36 bits per heavy atom. The third-order valence-corrected chi connectivity index (χ3v) is 5.22. The molecule has 0 unspecified atom stereocenters. The van der Waals surface area contributed by atoms with Gasteiger partial charge in [-0.25, -0.2) is 4.98 Å². The fourth-order valence-electron chi connectivity index (χ4n) is 3.78. The zero-order valence-corrected chi connectivity index (χ0v) is 15.3. The summed E-state index contributed by atoms with van der Waals surface area (Å²) in [6, 6.07) is 8.01. The summed E-state index contributed by atoms with van der Waals surface area (Å²) in [5.74, 6) is 1.85. The van der Waals surface area contributed by atoms with Crippen molar-refractivity contribution in [2.45, 2.75) is 58.2 Å². The Kier molecular flexibility index (Phi) is 5.41. The average molecular weight is 341 g/mol. The molecule has 1 atom stereocenters. The maximum Gasteiger partial charge on any atom is 0.245 e. The predicted octanol–water partition coefficient (Wildman–Crippen LogP) is 3.73. The Hall–Kier alpha value is -2.30. The van der Waals surface area contributed by atoms with Gasteiger partial charge in [0.15, 0.2) is 0 Å². The number of nitrogens with zero attached hydrogens (tertiary/aromatic N) is 3. The number of aromatic nitrogens is 2. The number of hydrogen-bond acceptors (Lipinski definition) is 3. The van der Waals surface area contributed by atoms with E-state index in [9.17, 15) is 4.79 Å². The molecule has 1 aliphatic carbocycles. The summed E-state index contributed by atoms with van der Waals surface area (Å²) in [5, 5.41) is 0. The van der Waals surface area contributed by atoms with Gasteiger partial charge in [0, 0.05) is 30.5 Å². The molecule has 5 heteroatoms. The van der Waals surface area contributed by atoms with E-state index in [-0.39, 0.29) is 11.9 Å². The Labute approximate surface area is 149 Å². The van der Waals surface area contributed by atoms with Gasteiger partial charge in [-0.15, -0.1) is 0 Å². The molecule has 1 heterocycles. The number of carbonyl (C=O) groups excluding carboxylic acids is 1. The minimum absolute atomic E-state index is 0.152. The summed E-state index contributed by atoms with van der Waals surface area (Å²) < 4.78 is 7.44. The number of imidazole rings is 1.